The summed E-state index contributed by atoms with van der Waals surface area (Å²) in [6.07, 6.45) is -3.83. The minimum atomic E-state index is -5.03. The molecule has 3 aromatic rings. The second-order valence-corrected chi connectivity index (χ2v) is 7.65. The van der Waals surface area contributed by atoms with Crippen LogP contribution in [-0.4, -0.2) is 29.3 Å². The van der Waals surface area contributed by atoms with Crippen molar-refractivity contribution in [1.82, 2.24) is 15.3 Å². The fourth-order valence-corrected chi connectivity index (χ4v) is 3.43. The second kappa shape index (κ2) is 11.0. The molecule has 0 radical (unpaired) electrons. The number of hydrogen-bond donors (Lipinski definition) is 2. The van der Waals surface area contributed by atoms with Crippen LogP contribution in [0, 0.1) is 5.82 Å². The summed E-state index contributed by atoms with van der Waals surface area (Å²) < 4.78 is 60.2. The summed E-state index contributed by atoms with van der Waals surface area (Å²) in [5.74, 6) is -1.94. The number of ether oxygens (including phenoxy) is 2. The van der Waals surface area contributed by atoms with Crippen molar-refractivity contribution in [2.45, 2.75) is 38.6 Å². The quantitative estimate of drug-likeness (QED) is 0.423. The van der Waals surface area contributed by atoms with Gasteiger partial charge in [0, 0.05) is 12.5 Å². The van der Waals surface area contributed by atoms with Gasteiger partial charge in [-0.1, -0.05) is 31.5 Å². The molecule has 0 saturated carbocycles. The van der Waals surface area contributed by atoms with E-state index in [0.717, 1.165) is 23.8 Å². The van der Waals surface area contributed by atoms with Crippen LogP contribution in [0.5, 0.6) is 11.5 Å². The Hall–Kier alpha value is -3.89. The van der Waals surface area contributed by atoms with Crippen molar-refractivity contribution in [2.75, 3.05) is 7.11 Å². The Morgan fingerprint density at radius 2 is 1.86 bits per heavy atom. The lowest BCUT2D eigenvalue weighted by Gasteiger charge is -2.19. The van der Waals surface area contributed by atoms with Crippen molar-refractivity contribution in [2.24, 2.45) is 0 Å². The van der Waals surface area contributed by atoms with Gasteiger partial charge in [-0.05, 0) is 41.8 Å². The predicted molar refractivity (Wildman–Crippen MR) is 119 cm³/mol. The Balaban J connectivity index is 1.79. The Morgan fingerprint density at radius 1 is 1.14 bits per heavy atom. The van der Waals surface area contributed by atoms with Crippen molar-refractivity contribution in [1.29, 1.82) is 0 Å². The van der Waals surface area contributed by atoms with Gasteiger partial charge in [-0.3, -0.25) is 9.59 Å². The van der Waals surface area contributed by atoms with Gasteiger partial charge in [-0.25, -0.2) is 9.37 Å². The maximum atomic E-state index is 14.2. The van der Waals surface area contributed by atoms with Crippen LogP contribution in [0.1, 0.15) is 53.2 Å². The van der Waals surface area contributed by atoms with Crippen LogP contribution >= 0.6 is 0 Å². The van der Waals surface area contributed by atoms with Gasteiger partial charge in [0.2, 0.25) is 0 Å². The lowest BCUT2D eigenvalue weighted by atomic mass is 10.0. The van der Waals surface area contributed by atoms with Crippen molar-refractivity contribution >= 4 is 5.91 Å². The molecule has 7 nitrogen and oxygen atoms in total. The standard InChI is InChI=1S/C24H23F4N3O4/c1-3-4-18(15-7-10-20(17(25)12-15)35-24(26,27)28)30-23(33)19-13-22(32)31-21(29-19)11-14-5-8-16(34-2)9-6-14/h5-10,12-13,18H,3-4,11H2,1-2H3,(H,30,33)(H,29,31,32)/t18-/m1/s1. The zero-order valence-corrected chi connectivity index (χ0v) is 18.9. The highest BCUT2D eigenvalue weighted by Crippen LogP contribution is 2.29. The highest BCUT2D eigenvalue weighted by molar-refractivity contribution is 5.92. The molecule has 0 aliphatic rings. The lowest BCUT2D eigenvalue weighted by Crippen LogP contribution is -2.31. The van der Waals surface area contributed by atoms with Crippen LogP contribution < -0.4 is 20.3 Å². The number of carbonyl (C=O) groups is 1. The van der Waals surface area contributed by atoms with E-state index in [0.29, 0.717) is 18.6 Å². The topological polar surface area (TPSA) is 93.3 Å². The first kappa shape index (κ1) is 25.7. The number of nitrogens with one attached hydrogen (secondary N) is 2. The lowest BCUT2D eigenvalue weighted by molar-refractivity contribution is -0.275. The first-order valence-corrected chi connectivity index (χ1v) is 10.7. The number of H-pyrrole nitrogens is 1. The Morgan fingerprint density at radius 3 is 2.46 bits per heavy atom. The Labute approximate surface area is 198 Å². The number of aromatic amines is 1. The van der Waals surface area contributed by atoms with Crippen molar-refractivity contribution in [3.8, 4) is 11.5 Å². The Bertz CT molecular complexity index is 1230. The molecule has 0 saturated heterocycles. The van der Waals surface area contributed by atoms with Gasteiger partial charge in [0.15, 0.2) is 11.6 Å². The molecule has 1 amide bonds. The fraction of sp³-hybridized carbons (Fsp3) is 0.292. The van der Waals surface area contributed by atoms with Crippen LogP contribution in [0.4, 0.5) is 17.6 Å². The maximum absolute atomic E-state index is 14.2. The molecule has 0 aliphatic heterocycles. The third kappa shape index (κ3) is 7.29. The molecule has 2 aromatic carbocycles. The molecule has 2 N–H and O–H groups in total. The van der Waals surface area contributed by atoms with E-state index in [2.05, 4.69) is 20.0 Å². The zero-order chi connectivity index (χ0) is 25.6. The smallest absolute Gasteiger partial charge is 0.497 e. The summed E-state index contributed by atoms with van der Waals surface area (Å²) in [4.78, 5) is 31.8. The van der Waals surface area contributed by atoms with E-state index in [1.54, 1.807) is 31.4 Å². The summed E-state index contributed by atoms with van der Waals surface area (Å²) in [6, 6.07) is 10.4. The molecule has 0 spiro atoms. The van der Waals surface area contributed by atoms with Crippen LogP contribution in [0.15, 0.2) is 53.3 Å². The number of benzene rings is 2. The molecule has 0 fully saturated rings. The summed E-state index contributed by atoms with van der Waals surface area (Å²) in [5.41, 5.74) is 0.402. The van der Waals surface area contributed by atoms with E-state index in [9.17, 15) is 27.2 Å². The molecule has 1 atom stereocenters. The van der Waals surface area contributed by atoms with Gasteiger partial charge in [0.1, 0.15) is 17.3 Å². The minimum absolute atomic E-state index is 0.143. The molecule has 186 valence electrons. The van der Waals surface area contributed by atoms with Crippen LogP contribution in [-0.2, 0) is 6.42 Å². The number of rotatable bonds is 9. The summed E-state index contributed by atoms with van der Waals surface area (Å²) in [5, 5.41) is 2.68. The first-order valence-electron chi connectivity index (χ1n) is 10.7. The van der Waals surface area contributed by atoms with E-state index in [-0.39, 0.29) is 23.5 Å². The Kier molecular flexibility index (Phi) is 8.10. The largest absolute Gasteiger partial charge is 0.573 e. The number of alkyl halides is 3. The average Bonchev–Trinajstić information content (AvgIpc) is 2.79. The molecular formula is C24H23F4N3O4. The van der Waals surface area contributed by atoms with Crippen molar-refractivity contribution in [3.63, 3.8) is 0 Å². The van der Waals surface area contributed by atoms with Crippen molar-refractivity contribution < 1.29 is 31.8 Å². The molecule has 1 aromatic heterocycles. The summed E-state index contributed by atoms with van der Waals surface area (Å²) in [7, 11) is 1.54. The third-order valence-electron chi connectivity index (χ3n) is 5.02. The molecule has 11 heteroatoms. The molecular weight excluding hydrogens is 470 g/mol. The van der Waals surface area contributed by atoms with E-state index >= 15 is 0 Å². The minimum Gasteiger partial charge on any atom is -0.497 e. The summed E-state index contributed by atoms with van der Waals surface area (Å²) >= 11 is 0. The van der Waals surface area contributed by atoms with Crippen LogP contribution in [0.3, 0.4) is 0 Å². The van der Waals surface area contributed by atoms with E-state index in [1.165, 1.54) is 6.07 Å². The zero-order valence-electron chi connectivity index (χ0n) is 18.9. The van der Waals surface area contributed by atoms with E-state index < -0.39 is 35.4 Å². The van der Waals surface area contributed by atoms with Gasteiger partial charge in [-0.2, -0.15) is 0 Å². The summed E-state index contributed by atoms with van der Waals surface area (Å²) in [6.45, 7) is 1.83. The number of amides is 1. The van der Waals surface area contributed by atoms with E-state index in [4.69, 9.17) is 4.74 Å². The highest BCUT2D eigenvalue weighted by Gasteiger charge is 2.32. The second-order valence-electron chi connectivity index (χ2n) is 7.65. The van der Waals surface area contributed by atoms with Gasteiger partial charge >= 0.3 is 6.36 Å². The monoisotopic (exact) mass is 493 g/mol. The average molecular weight is 493 g/mol. The van der Waals surface area contributed by atoms with Gasteiger partial charge in [-0.15, -0.1) is 13.2 Å². The third-order valence-corrected chi connectivity index (χ3v) is 5.02. The number of hydrogen-bond acceptors (Lipinski definition) is 5. The molecule has 0 unspecified atom stereocenters. The number of methoxy groups -OCH3 is 1. The molecule has 0 bridgehead atoms. The normalized spacial score (nSPS) is 12.2. The molecule has 0 aliphatic carbocycles. The highest BCUT2D eigenvalue weighted by atomic mass is 19.4. The van der Waals surface area contributed by atoms with Crippen molar-refractivity contribution in [3.05, 3.63) is 87.3 Å². The van der Waals surface area contributed by atoms with Gasteiger partial charge in [0.05, 0.1) is 13.2 Å². The fourth-order valence-electron chi connectivity index (χ4n) is 3.43. The van der Waals surface area contributed by atoms with Crippen LogP contribution in [0.25, 0.3) is 0 Å². The maximum Gasteiger partial charge on any atom is 0.573 e. The number of aromatic nitrogens is 2. The van der Waals surface area contributed by atoms with E-state index in [1.807, 2.05) is 6.92 Å². The number of carbonyl (C=O) groups excluding carboxylic acids is 1. The SMILES string of the molecule is CCC[C@@H](NC(=O)c1cc(=O)[nH]c(Cc2ccc(OC)cc2)n1)c1ccc(OC(F)(F)F)c(F)c1. The van der Waals surface area contributed by atoms with Crippen LogP contribution in [0.2, 0.25) is 0 Å². The number of halogens is 4. The molecule has 1 heterocycles. The predicted octanol–water partition coefficient (Wildman–Crippen LogP) is 4.68. The molecule has 35 heavy (non-hydrogen) atoms. The molecule has 3 rings (SSSR count). The number of nitrogens with zero attached hydrogens (tertiary/aromatic N) is 1. The van der Waals surface area contributed by atoms with Gasteiger partial charge in [0.25, 0.3) is 11.5 Å². The van der Waals surface area contributed by atoms with Gasteiger partial charge < -0.3 is 19.8 Å². The first-order chi connectivity index (χ1) is 16.6.